The fraction of sp³-hybridized carbons (Fsp3) is 0.476. The highest BCUT2D eigenvalue weighted by Crippen LogP contribution is 2.44. The standard InChI is InChI=1S/C21H23N3/c22-13-15-5-6-17-12-18(8-7-16(17)11-15)24-14-21(9-10-21)23-19-3-1-2-4-20(19)24/h5-8,11-12,19-20,23H,1-4,9-10,14H2/t19-,20-/m0/s1. The van der Waals surface area contributed by atoms with Gasteiger partial charge < -0.3 is 10.2 Å². The van der Waals surface area contributed by atoms with Crippen molar-refractivity contribution in [3.05, 3.63) is 42.0 Å². The molecular formula is C21H23N3. The van der Waals surface area contributed by atoms with Gasteiger partial charge >= 0.3 is 0 Å². The molecular weight excluding hydrogens is 294 g/mol. The van der Waals surface area contributed by atoms with E-state index >= 15 is 0 Å². The van der Waals surface area contributed by atoms with Crippen molar-refractivity contribution in [2.75, 3.05) is 11.4 Å². The van der Waals surface area contributed by atoms with Gasteiger partial charge in [-0.25, -0.2) is 0 Å². The molecule has 3 aliphatic rings. The summed E-state index contributed by atoms with van der Waals surface area (Å²) in [7, 11) is 0. The first-order valence-electron chi connectivity index (χ1n) is 9.25. The van der Waals surface area contributed by atoms with Crippen molar-refractivity contribution >= 4 is 16.5 Å². The minimum Gasteiger partial charge on any atom is -0.365 e. The zero-order valence-corrected chi connectivity index (χ0v) is 14.0. The van der Waals surface area contributed by atoms with E-state index in [1.54, 1.807) is 0 Å². The van der Waals surface area contributed by atoms with Crippen LogP contribution in [0.15, 0.2) is 36.4 Å². The zero-order valence-electron chi connectivity index (χ0n) is 14.0. The molecule has 0 bridgehead atoms. The lowest BCUT2D eigenvalue weighted by atomic mass is 9.85. The molecule has 2 aliphatic carbocycles. The second-order valence-corrected chi connectivity index (χ2v) is 7.87. The van der Waals surface area contributed by atoms with Crippen molar-refractivity contribution in [3.63, 3.8) is 0 Å². The Morgan fingerprint density at radius 1 is 1.04 bits per heavy atom. The molecule has 0 radical (unpaired) electrons. The lowest BCUT2D eigenvalue weighted by Crippen LogP contribution is -2.64. The highest BCUT2D eigenvalue weighted by atomic mass is 15.3. The summed E-state index contributed by atoms with van der Waals surface area (Å²) in [5.41, 5.74) is 2.48. The molecule has 1 aliphatic heterocycles. The number of hydrogen-bond donors (Lipinski definition) is 1. The van der Waals surface area contributed by atoms with Crippen LogP contribution in [-0.4, -0.2) is 24.2 Å². The highest BCUT2D eigenvalue weighted by Gasteiger charge is 2.51. The highest BCUT2D eigenvalue weighted by molar-refractivity contribution is 5.87. The maximum absolute atomic E-state index is 9.08. The van der Waals surface area contributed by atoms with E-state index in [4.69, 9.17) is 5.26 Å². The fourth-order valence-corrected chi connectivity index (χ4v) is 4.75. The summed E-state index contributed by atoms with van der Waals surface area (Å²) in [5.74, 6) is 0. The Labute approximate surface area is 143 Å². The molecule has 0 unspecified atom stereocenters. The van der Waals surface area contributed by atoms with Crippen molar-refractivity contribution in [2.24, 2.45) is 0 Å². The van der Waals surface area contributed by atoms with Gasteiger partial charge in [0, 0.05) is 29.9 Å². The van der Waals surface area contributed by atoms with Crippen LogP contribution in [0.4, 0.5) is 5.69 Å². The van der Waals surface area contributed by atoms with Gasteiger partial charge in [-0.1, -0.05) is 25.0 Å². The molecule has 2 aromatic carbocycles. The molecule has 24 heavy (non-hydrogen) atoms. The Bertz CT molecular complexity index is 831. The maximum atomic E-state index is 9.08. The van der Waals surface area contributed by atoms with Gasteiger partial charge in [0.05, 0.1) is 11.6 Å². The second kappa shape index (κ2) is 5.22. The number of anilines is 1. The smallest absolute Gasteiger partial charge is 0.0991 e. The number of nitriles is 1. The van der Waals surface area contributed by atoms with Crippen LogP contribution in [-0.2, 0) is 0 Å². The van der Waals surface area contributed by atoms with E-state index in [9.17, 15) is 0 Å². The SMILES string of the molecule is N#Cc1ccc2cc(N3CC4(CC4)N[C@H]4CCCC[C@@H]43)ccc2c1. The topological polar surface area (TPSA) is 39.1 Å². The second-order valence-electron chi connectivity index (χ2n) is 7.87. The van der Waals surface area contributed by atoms with E-state index in [0.717, 1.165) is 17.5 Å². The largest absolute Gasteiger partial charge is 0.365 e. The van der Waals surface area contributed by atoms with Crippen LogP contribution in [0, 0.1) is 11.3 Å². The summed E-state index contributed by atoms with van der Waals surface area (Å²) in [5, 5.41) is 15.5. The molecule has 3 fully saturated rings. The Kier molecular flexibility index (Phi) is 3.11. The minimum atomic E-state index is 0.387. The third-order valence-corrected chi connectivity index (χ3v) is 6.23. The molecule has 3 nitrogen and oxygen atoms in total. The molecule has 2 saturated carbocycles. The van der Waals surface area contributed by atoms with Crippen molar-refractivity contribution in [2.45, 2.75) is 56.1 Å². The molecule has 1 heterocycles. The third-order valence-electron chi connectivity index (χ3n) is 6.23. The predicted octanol–water partition coefficient (Wildman–Crippen LogP) is 3.96. The molecule has 1 N–H and O–H groups in total. The van der Waals surface area contributed by atoms with E-state index in [1.807, 2.05) is 12.1 Å². The van der Waals surface area contributed by atoms with Crippen LogP contribution >= 0.6 is 0 Å². The van der Waals surface area contributed by atoms with Gasteiger partial charge in [0.1, 0.15) is 0 Å². The number of benzene rings is 2. The predicted molar refractivity (Wildman–Crippen MR) is 97.2 cm³/mol. The van der Waals surface area contributed by atoms with Crippen LogP contribution < -0.4 is 10.2 Å². The van der Waals surface area contributed by atoms with Crippen molar-refractivity contribution in [1.29, 1.82) is 5.26 Å². The van der Waals surface area contributed by atoms with Gasteiger partial charge in [0.25, 0.3) is 0 Å². The monoisotopic (exact) mass is 317 g/mol. The zero-order chi connectivity index (χ0) is 16.1. The molecule has 0 amide bonds. The number of fused-ring (bicyclic) bond motifs is 2. The van der Waals surface area contributed by atoms with E-state index in [-0.39, 0.29) is 0 Å². The molecule has 2 atom stereocenters. The summed E-state index contributed by atoms with van der Waals surface area (Å²) >= 11 is 0. The van der Waals surface area contributed by atoms with E-state index in [0.29, 0.717) is 17.6 Å². The summed E-state index contributed by atoms with van der Waals surface area (Å²) in [6.07, 6.45) is 8.00. The Morgan fingerprint density at radius 2 is 1.83 bits per heavy atom. The summed E-state index contributed by atoms with van der Waals surface area (Å²) < 4.78 is 0. The van der Waals surface area contributed by atoms with Crippen molar-refractivity contribution in [3.8, 4) is 6.07 Å². The Balaban J connectivity index is 1.53. The first-order valence-corrected chi connectivity index (χ1v) is 9.25. The fourth-order valence-electron chi connectivity index (χ4n) is 4.75. The summed E-state index contributed by atoms with van der Waals surface area (Å²) in [6, 6.07) is 16.3. The summed E-state index contributed by atoms with van der Waals surface area (Å²) in [4.78, 5) is 2.69. The lowest BCUT2D eigenvalue weighted by Gasteiger charge is -2.49. The molecule has 122 valence electrons. The van der Waals surface area contributed by atoms with Crippen LogP contribution in [0.25, 0.3) is 10.8 Å². The van der Waals surface area contributed by atoms with Gasteiger partial charge in [-0.15, -0.1) is 0 Å². The quantitative estimate of drug-likeness (QED) is 0.865. The van der Waals surface area contributed by atoms with Crippen molar-refractivity contribution < 1.29 is 0 Å². The third kappa shape index (κ3) is 2.29. The van der Waals surface area contributed by atoms with E-state index in [1.165, 1.54) is 49.6 Å². The lowest BCUT2D eigenvalue weighted by molar-refractivity contribution is 0.235. The van der Waals surface area contributed by atoms with Gasteiger partial charge in [-0.3, -0.25) is 0 Å². The number of rotatable bonds is 1. The van der Waals surface area contributed by atoms with Crippen LogP contribution in [0.3, 0.4) is 0 Å². The van der Waals surface area contributed by atoms with Gasteiger partial charge in [0.2, 0.25) is 0 Å². The van der Waals surface area contributed by atoms with Crippen LogP contribution in [0.2, 0.25) is 0 Å². The molecule has 3 heteroatoms. The van der Waals surface area contributed by atoms with Gasteiger partial charge in [-0.2, -0.15) is 5.26 Å². The number of hydrogen-bond acceptors (Lipinski definition) is 3. The van der Waals surface area contributed by atoms with Gasteiger partial charge in [0.15, 0.2) is 0 Å². The molecule has 1 saturated heterocycles. The Hall–Kier alpha value is -2.05. The minimum absolute atomic E-state index is 0.387. The average molecular weight is 317 g/mol. The first-order chi connectivity index (χ1) is 11.8. The van der Waals surface area contributed by atoms with Crippen LogP contribution in [0.5, 0.6) is 0 Å². The maximum Gasteiger partial charge on any atom is 0.0991 e. The van der Waals surface area contributed by atoms with E-state index in [2.05, 4.69) is 40.6 Å². The van der Waals surface area contributed by atoms with E-state index < -0.39 is 0 Å². The summed E-state index contributed by atoms with van der Waals surface area (Å²) in [6.45, 7) is 1.15. The van der Waals surface area contributed by atoms with Gasteiger partial charge in [-0.05, 0) is 60.7 Å². The molecule has 1 spiro atoms. The normalized spacial score (nSPS) is 27.7. The molecule has 0 aromatic heterocycles. The average Bonchev–Trinajstić information content (AvgIpc) is 3.38. The van der Waals surface area contributed by atoms with Crippen LogP contribution in [0.1, 0.15) is 44.1 Å². The number of nitrogens with one attached hydrogen (secondary N) is 1. The number of nitrogens with zero attached hydrogens (tertiary/aromatic N) is 2. The first kappa shape index (κ1) is 14.3. The molecule has 2 aromatic rings. The number of piperazine rings is 1. The van der Waals surface area contributed by atoms with Crippen molar-refractivity contribution in [1.82, 2.24) is 5.32 Å². The Morgan fingerprint density at radius 3 is 2.67 bits per heavy atom. The molecule has 5 rings (SSSR count).